The lowest BCUT2D eigenvalue weighted by Gasteiger charge is -2.40. The number of nitrogens with zero attached hydrogens (tertiary/aromatic N) is 3. The van der Waals surface area contributed by atoms with Crippen LogP contribution >= 0.6 is 11.5 Å². The summed E-state index contributed by atoms with van der Waals surface area (Å²) in [5.41, 5.74) is 1.74. The number of hydrogen-bond acceptors (Lipinski definition) is 6. The van der Waals surface area contributed by atoms with Gasteiger partial charge in [-0.15, -0.1) is 0 Å². The molecular weight excluding hydrogens is 452 g/mol. The molecule has 1 spiro atoms. The predicted molar refractivity (Wildman–Crippen MR) is 118 cm³/mol. The van der Waals surface area contributed by atoms with Crippen LogP contribution in [0.3, 0.4) is 0 Å². The molecule has 2 heterocycles. The summed E-state index contributed by atoms with van der Waals surface area (Å²) in [7, 11) is -4.07. The third kappa shape index (κ3) is 4.33. The summed E-state index contributed by atoms with van der Waals surface area (Å²) in [5.74, 6) is -2.14. The topological polar surface area (TPSA) is 63.2 Å². The number of halogens is 2. The van der Waals surface area contributed by atoms with Gasteiger partial charge in [0.05, 0.1) is 0 Å². The van der Waals surface area contributed by atoms with E-state index in [4.69, 9.17) is 0 Å². The summed E-state index contributed by atoms with van der Waals surface area (Å²) in [6.07, 6.45) is 5.76. The van der Waals surface area contributed by atoms with Gasteiger partial charge in [-0.2, -0.15) is 4.37 Å². The summed E-state index contributed by atoms with van der Waals surface area (Å²) < 4.78 is 58.9. The van der Waals surface area contributed by atoms with Crippen LogP contribution in [0.5, 0.6) is 0 Å². The quantitative estimate of drug-likeness (QED) is 0.507. The van der Waals surface area contributed by atoms with Crippen LogP contribution in [-0.2, 0) is 22.1 Å². The average Bonchev–Trinajstić information content (AvgIpc) is 3.33. The SMILES string of the molecule is O=S(=O)(Cc1ncns1)c1cc(F)c(CN2CCC3(CC3)C[C@H]2c2ccccc2)cc1F. The second-order valence-corrected chi connectivity index (χ2v) is 11.6. The van der Waals surface area contributed by atoms with Crippen molar-refractivity contribution in [3.63, 3.8) is 0 Å². The Bertz CT molecular complexity index is 1210. The Kier molecular flexibility index (Phi) is 5.59. The molecule has 168 valence electrons. The molecule has 2 fully saturated rings. The first-order valence-corrected chi connectivity index (χ1v) is 13.0. The summed E-state index contributed by atoms with van der Waals surface area (Å²) in [6, 6.07) is 12.1. The Morgan fingerprint density at radius 1 is 1.09 bits per heavy atom. The van der Waals surface area contributed by atoms with Gasteiger partial charge in [0.2, 0.25) is 0 Å². The molecule has 1 atom stereocenters. The van der Waals surface area contributed by atoms with Gasteiger partial charge in [0.25, 0.3) is 0 Å². The van der Waals surface area contributed by atoms with E-state index in [9.17, 15) is 12.8 Å². The van der Waals surface area contributed by atoms with Crippen molar-refractivity contribution >= 4 is 21.4 Å². The molecule has 1 saturated heterocycles. The minimum atomic E-state index is -4.07. The molecule has 0 bridgehead atoms. The van der Waals surface area contributed by atoms with Crippen LogP contribution in [-0.4, -0.2) is 29.2 Å². The van der Waals surface area contributed by atoms with Crippen molar-refractivity contribution in [2.24, 2.45) is 5.41 Å². The van der Waals surface area contributed by atoms with Crippen LogP contribution in [0.2, 0.25) is 0 Å². The zero-order valence-corrected chi connectivity index (χ0v) is 19.0. The number of likely N-dealkylation sites (tertiary alicyclic amines) is 1. The lowest BCUT2D eigenvalue weighted by molar-refractivity contribution is 0.0928. The monoisotopic (exact) mass is 475 g/mol. The van der Waals surface area contributed by atoms with Crippen molar-refractivity contribution in [3.8, 4) is 0 Å². The predicted octanol–water partition coefficient (Wildman–Crippen LogP) is 4.91. The maximum absolute atomic E-state index is 15.0. The molecule has 3 aromatic rings. The fourth-order valence-electron chi connectivity index (χ4n) is 4.65. The third-order valence-electron chi connectivity index (χ3n) is 6.67. The van der Waals surface area contributed by atoms with Crippen molar-refractivity contribution in [3.05, 3.63) is 76.6 Å². The van der Waals surface area contributed by atoms with Gasteiger partial charge in [-0.3, -0.25) is 4.90 Å². The van der Waals surface area contributed by atoms with E-state index in [-0.39, 0.29) is 23.2 Å². The van der Waals surface area contributed by atoms with E-state index in [1.807, 2.05) is 18.2 Å². The van der Waals surface area contributed by atoms with Crippen LogP contribution in [0, 0.1) is 17.0 Å². The Labute approximate surface area is 190 Å². The van der Waals surface area contributed by atoms with E-state index in [1.54, 1.807) is 0 Å². The maximum Gasteiger partial charge on any atom is 0.187 e. The number of hydrogen-bond donors (Lipinski definition) is 0. The van der Waals surface area contributed by atoms with E-state index in [0.29, 0.717) is 5.41 Å². The average molecular weight is 476 g/mol. The highest BCUT2D eigenvalue weighted by Gasteiger charge is 2.48. The van der Waals surface area contributed by atoms with Gasteiger partial charge < -0.3 is 0 Å². The summed E-state index contributed by atoms with van der Waals surface area (Å²) in [5, 5.41) is 0.238. The first-order valence-electron chi connectivity index (χ1n) is 10.6. The van der Waals surface area contributed by atoms with E-state index < -0.39 is 32.1 Å². The van der Waals surface area contributed by atoms with Crippen molar-refractivity contribution in [2.45, 2.75) is 48.9 Å². The van der Waals surface area contributed by atoms with Crippen LogP contribution in [0.4, 0.5) is 8.78 Å². The van der Waals surface area contributed by atoms with Crippen molar-refractivity contribution in [1.29, 1.82) is 0 Å². The second-order valence-electron chi connectivity index (χ2n) is 8.82. The fourth-order valence-corrected chi connectivity index (χ4v) is 6.83. The Balaban J connectivity index is 1.40. The van der Waals surface area contributed by atoms with E-state index in [1.165, 1.54) is 24.7 Å². The number of piperidine rings is 1. The van der Waals surface area contributed by atoms with Crippen LogP contribution in [0.1, 0.15) is 47.9 Å². The van der Waals surface area contributed by atoms with Crippen LogP contribution in [0.25, 0.3) is 0 Å². The van der Waals surface area contributed by atoms with Crippen LogP contribution in [0.15, 0.2) is 53.7 Å². The number of benzene rings is 2. The number of rotatable bonds is 6. The van der Waals surface area contributed by atoms with Gasteiger partial charge in [0, 0.05) is 18.2 Å². The molecule has 1 aromatic heterocycles. The smallest absolute Gasteiger partial charge is 0.187 e. The molecule has 5 nitrogen and oxygen atoms in total. The molecule has 1 saturated carbocycles. The fraction of sp³-hybridized carbons (Fsp3) is 0.391. The maximum atomic E-state index is 15.0. The zero-order chi connectivity index (χ0) is 22.3. The molecule has 9 heteroatoms. The summed E-state index contributed by atoms with van der Waals surface area (Å²) >= 11 is 0.921. The highest BCUT2D eigenvalue weighted by Crippen LogP contribution is 2.58. The van der Waals surface area contributed by atoms with E-state index in [2.05, 4.69) is 26.4 Å². The first-order chi connectivity index (χ1) is 15.4. The lowest BCUT2D eigenvalue weighted by Crippen LogP contribution is -2.37. The van der Waals surface area contributed by atoms with Gasteiger partial charge in [-0.1, -0.05) is 30.3 Å². The largest absolute Gasteiger partial charge is 0.292 e. The number of sulfone groups is 1. The second kappa shape index (κ2) is 8.28. The minimum absolute atomic E-state index is 0.135. The van der Waals surface area contributed by atoms with E-state index in [0.717, 1.165) is 43.1 Å². The standard InChI is InChI=1S/C23H23F2N3O2S2/c24-18-11-21(32(29,30)14-22-26-15-27-31-22)19(25)10-17(18)13-28-9-8-23(6-7-23)12-20(28)16-4-2-1-3-5-16/h1-5,10-11,15,20H,6-9,12-14H2/t20-/m0/s1. The molecule has 2 aliphatic rings. The zero-order valence-electron chi connectivity index (χ0n) is 17.4. The molecule has 0 unspecified atom stereocenters. The van der Waals surface area contributed by atoms with Gasteiger partial charge >= 0.3 is 0 Å². The Morgan fingerprint density at radius 3 is 2.56 bits per heavy atom. The highest BCUT2D eigenvalue weighted by atomic mass is 32.2. The van der Waals surface area contributed by atoms with Gasteiger partial charge in [0.15, 0.2) is 9.84 Å². The molecule has 0 N–H and O–H groups in total. The van der Waals surface area contributed by atoms with Crippen molar-refractivity contribution < 1.29 is 17.2 Å². The minimum Gasteiger partial charge on any atom is -0.292 e. The lowest BCUT2D eigenvalue weighted by atomic mass is 9.84. The Morgan fingerprint density at radius 2 is 1.88 bits per heavy atom. The molecule has 2 aromatic carbocycles. The molecule has 32 heavy (non-hydrogen) atoms. The van der Waals surface area contributed by atoms with Gasteiger partial charge in [0.1, 0.15) is 33.6 Å². The highest BCUT2D eigenvalue weighted by molar-refractivity contribution is 7.90. The first kappa shape index (κ1) is 21.6. The van der Waals surface area contributed by atoms with Gasteiger partial charge in [-0.25, -0.2) is 22.2 Å². The third-order valence-corrected chi connectivity index (χ3v) is 9.15. The molecule has 0 amide bonds. The Hall–Kier alpha value is -2.23. The van der Waals surface area contributed by atoms with E-state index >= 15 is 4.39 Å². The molecular formula is C23H23F2N3O2S2. The normalized spacial score (nSPS) is 20.5. The van der Waals surface area contributed by atoms with Gasteiger partial charge in [-0.05, 0) is 66.9 Å². The molecule has 1 aliphatic carbocycles. The molecule has 0 radical (unpaired) electrons. The van der Waals surface area contributed by atoms with Crippen molar-refractivity contribution in [2.75, 3.05) is 6.54 Å². The number of aromatic nitrogens is 2. The van der Waals surface area contributed by atoms with Crippen LogP contribution < -0.4 is 0 Å². The molecule has 1 aliphatic heterocycles. The summed E-state index contributed by atoms with van der Waals surface area (Å²) in [4.78, 5) is 5.38. The van der Waals surface area contributed by atoms with Crippen molar-refractivity contribution in [1.82, 2.24) is 14.3 Å². The molecule has 5 rings (SSSR count). The summed E-state index contributed by atoms with van der Waals surface area (Å²) in [6.45, 7) is 1.03.